The predicted molar refractivity (Wildman–Crippen MR) is 114 cm³/mol. The van der Waals surface area contributed by atoms with Gasteiger partial charge in [-0.3, -0.25) is 4.79 Å². The maximum atomic E-state index is 12.0. The molecule has 2 rings (SSSR count). The predicted octanol–water partition coefficient (Wildman–Crippen LogP) is 4.72. The lowest BCUT2D eigenvalue weighted by atomic mass is 10.0. The van der Waals surface area contributed by atoms with E-state index in [1.807, 2.05) is 13.8 Å². The number of rotatable bonds is 6. The molecule has 1 atom stereocenters. The molecule has 0 heterocycles. The van der Waals surface area contributed by atoms with Crippen LogP contribution in [-0.2, 0) is 4.79 Å². The number of benzene rings is 2. The van der Waals surface area contributed by atoms with Gasteiger partial charge in [-0.15, -0.1) is 12.4 Å². The van der Waals surface area contributed by atoms with Crippen molar-refractivity contribution in [3.8, 4) is 0 Å². The van der Waals surface area contributed by atoms with Crippen LogP contribution in [0.4, 0.5) is 21.9 Å². The van der Waals surface area contributed by atoms with E-state index in [0.717, 1.165) is 0 Å². The van der Waals surface area contributed by atoms with Crippen molar-refractivity contribution in [3.05, 3.63) is 53.6 Å². The Kier molecular flexibility index (Phi) is 9.08. The van der Waals surface area contributed by atoms with Crippen LogP contribution in [0.5, 0.6) is 0 Å². The van der Waals surface area contributed by atoms with Crippen molar-refractivity contribution in [2.75, 3.05) is 16.0 Å². The second-order valence-electron chi connectivity index (χ2n) is 6.39. The molecular weight excluding hydrogens is 387 g/mol. The Bertz CT molecular complexity index is 749. The summed E-state index contributed by atoms with van der Waals surface area (Å²) < 4.78 is 0. The molecule has 0 aliphatic carbocycles. The third-order valence-electron chi connectivity index (χ3n) is 3.57. The quantitative estimate of drug-likeness (QED) is 0.554. The first-order valence-corrected chi connectivity index (χ1v) is 8.71. The third kappa shape index (κ3) is 7.86. The van der Waals surface area contributed by atoms with E-state index in [0.29, 0.717) is 34.4 Å². The molecule has 2 aromatic rings. The van der Waals surface area contributed by atoms with E-state index in [1.165, 1.54) is 0 Å². The van der Waals surface area contributed by atoms with E-state index < -0.39 is 6.04 Å². The van der Waals surface area contributed by atoms with Crippen LogP contribution in [0.2, 0.25) is 5.02 Å². The molecule has 0 saturated heterocycles. The topological polar surface area (TPSA) is 96.2 Å². The number of nitrogens with one attached hydrogen (secondary N) is 3. The Morgan fingerprint density at radius 2 is 1.30 bits per heavy atom. The smallest absolute Gasteiger partial charge is 0.323 e. The van der Waals surface area contributed by atoms with E-state index >= 15 is 0 Å². The van der Waals surface area contributed by atoms with Gasteiger partial charge in [-0.2, -0.15) is 0 Å². The van der Waals surface area contributed by atoms with Gasteiger partial charge in [-0.25, -0.2) is 4.79 Å². The van der Waals surface area contributed by atoms with Gasteiger partial charge in [0.15, 0.2) is 0 Å². The summed E-state index contributed by atoms with van der Waals surface area (Å²) in [6, 6.07) is 12.7. The summed E-state index contributed by atoms with van der Waals surface area (Å²) in [5.74, 6) is 0.126. The highest BCUT2D eigenvalue weighted by atomic mass is 35.5. The van der Waals surface area contributed by atoms with Crippen molar-refractivity contribution in [1.29, 1.82) is 0 Å². The van der Waals surface area contributed by atoms with Gasteiger partial charge < -0.3 is 21.7 Å². The molecule has 0 radical (unpaired) electrons. The minimum absolute atomic E-state index is 0. The Morgan fingerprint density at radius 1 is 0.889 bits per heavy atom. The molecule has 0 spiro atoms. The molecule has 2 aromatic carbocycles. The van der Waals surface area contributed by atoms with Crippen LogP contribution in [0.1, 0.15) is 20.3 Å². The highest BCUT2D eigenvalue weighted by molar-refractivity contribution is 6.30. The maximum Gasteiger partial charge on any atom is 0.323 e. The van der Waals surface area contributed by atoms with Gasteiger partial charge in [0.2, 0.25) is 5.91 Å². The van der Waals surface area contributed by atoms with Gasteiger partial charge >= 0.3 is 6.03 Å². The van der Waals surface area contributed by atoms with Crippen LogP contribution in [-0.4, -0.2) is 18.0 Å². The fraction of sp³-hybridized carbons (Fsp3) is 0.263. The minimum atomic E-state index is -0.544. The summed E-state index contributed by atoms with van der Waals surface area (Å²) in [5.41, 5.74) is 7.71. The Morgan fingerprint density at radius 3 is 1.74 bits per heavy atom. The monoisotopic (exact) mass is 410 g/mol. The average Bonchev–Trinajstić information content (AvgIpc) is 2.58. The molecule has 0 fully saturated rings. The Labute approximate surface area is 170 Å². The molecule has 8 heteroatoms. The van der Waals surface area contributed by atoms with Crippen LogP contribution >= 0.6 is 24.0 Å². The van der Waals surface area contributed by atoms with Gasteiger partial charge in [-0.05, 0) is 60.9 Å². The van der Waals surface area contributed by atoms with Gasteiger partial charge in [0, 0.05) is 22.1 Å². The number of nitrogens with two attached hydrogens (primary N) is 1. The fourth-order valence-corrected chi connectivity index (χ4v) is 2.44. The summed E-state index contributed by atoms with van der Waals surface area (Å²) in [7, 11) is 0. The number of carbonyl (C=O) groups is 2. The fourth-order valence-electron chi connectivity index (χ4n) is 2.31. The lowest BCUT2D eigenvalue weighted by Crippen LogP contribution is -2.36. The molecule has 0 aliphatic heterocycles. The van der Waals surface area contributed by atoms with E-state index in [4.69, 9.17) is 17.3 Å². The van der Waals surface area contributed by atoms with Crippen LogP contribution in [0.15, 0.2) is 48.5 Å². The minimum Gasteiger partial charge on any atom is -0.325 e. The van der Waals surface area contributed by atoms with Crippen LogP contribution < -0.4 is 21.7 Å². The average molecular weight is 411 g/mol. The molecule has 5 N–H and O–H groups in total. The number of amides is 3. The van der Waals surface area contributed by atoms with Gasteiger partial charge in [-0.1, -0.05) is 25.4 Å². The largest absolute Gasteiger partial charge is 0.325 e. The third-order valence-corrected chi connectivity index (χ3v) is 3.83. The number of anilines is 3. The Hall–Kier alpha value is -2.28. The molecule has 0 unspecified atom stereocenters. The summed E-state index contributed by atoms with van der Waals surface area (Å²) >= 11 is 5.81. The lowest BCUT2D eigenvalue weighted by Gasteiger charge is -2.14. The SMILES string of the molecule is CC(C)C[C@H](N)C(=O)Nc1ccc(NC(=O)Nc2ccc(Cl)cc2)cc1.Cl. The zero-order valence-electron chi connectivity index (χ0n) is 15.2. The van der Waals surface area contributed by atoms with Crippen LogP contribution in [0, 0.1) is 5.92 Å². The summed E-state index contributed by atoms with van der Waals surface area (Å²) in [6.45, 7) is 4.03. The second-order valence-corrected chi connectivity index (χ2v) is 6.83. The van der Waals surface area contributed by atoms with Crippen molar-refractivity contribution in [3.63, 3.8) is 0 Å². The van der Waals surface area contributed by atoms with Crippen molar-refractivity contribution < 1.29 is 9.59 Å². The summed E-state index contributed by atoms with van der Waals surface area (Å²) in [4.78, 5) is 24.0. The zero-order valence-corrected chi connectivity index (χ0v) is 16.7. The molecule has 0 aromatic heterocycles. The van der Waals surface area contributed by atoms with Crippen LogP contribution in [0.25, 0.3) is 0 Å². The standard InChI is InChI=1S/C19H23ClN4O2.ClH/c1-12(2)11-17(21)18(25)22-14-7-9-16(10-8-14)24-19(26)23-15-5-3-13(20)4-6-15;/h3-10,12,17H,11,21H2,1-2H3,(H,22,25)(H2,23,24,26);1H/t17-;/m0./s1. The van der Waals surface area contributed by atoms with Crippen molar-refractivity contribution >= 4 is 53.0 Å². The molecule has 0 bridgehead atoms. The van der Waals surface area contributed by atoms with E-state index in [9.17, 15) is 9.59 Å². The Balaban J connectivity index is 0.00000364. The number of hydrogen-bond donors (Lipinski definition) is 4. The number of carbonyl (C=O) groups excluding carboxylic acids is 2. The zero-order chi connectivity index (χ0) is 19.1. The molecule has 6 nitrogen and oxygen atoms in total. The summed E-state index contributed by atoms with van der Waals surface area (Å²) in [5, 5.41) is 8.78. The van der Waals surface area contributed by atoms with Gasteiger partial charge in [0.25, 0.3) is 0 Å². The first kappa shape index (κ1) is 22.8. The number of hydrogen-bond acceptors (Lipinski definition) is 3. The van der Waals surface area contributed by atoms with E-state index in [2.05, 4.69) is 16.0 Å². The number of urea groups is 1. The molecule has 146 valence electrons. The number of halogens is 2. The highest BCUT2D eigenvalue weighted by Crippen LogP contribution is 2.16. The molecule has 27 heavy (non-hydrogen) atoms. The first-order chi connectivity index (χ1) is 12.3. The van der Waals surface area contributed by atoms with Crippen LogP contribution in [0.3, 0.4) is 0 Å². The molecular formula is C19H24Cl2N4O2. The maximum absolute atomic E-state index is 12.0. The van der Waals surface area contributed by atoms with Crippen molar-refractivity contribution in [1.82, 2.24) is 0 Å². The second kappa shape index (κ2) is 10.8. The first-order valence-electron chi connectivity index (χ1n) is 8.33. The van der Waals surface area contributed by atoms with Crippen molar-refractivity contribution in [2.45, 2.75) is 26.3 Å². The van der Waals surface area contributed by atoms with E-state index in [1.54, 1.807) is 48.5 Å². The van der Waals surface area contributed by atoms with Gasteiger partial charge in [0.05, 0.1) is 6.04 Å². The van der Waals surface area contributed by atoms with Crippen molar-refractivity contribution in [2.24, 2.45) is 11.7 Å². The molecule has 3 amide bonds. The normalized spacial score (nSPS) is 11.3. The van der Waals surface area contributed by atoms with E-state index in [-0.39, 0.29) is 24.3 Å². The molecule has 0 saturated carbocycles. The molecule has 0 aliphatic rings. The van der Waals surface area contributed by atoms with Gasteiger partial charge in [0.1, 0.15) is 0 Å². The lowest BCUT2D eigenvalue weighted by molar-refractivity contribution is -0.117. The summed E-state index contributed by atoms with van der Waals surface area (Å²) in [6.07, 6.45) is 0.621. The highest BCUT2D eigenvalue weighted by Gasteiger charge is 2.15.